The van der Waals surface area contributed by atoms with E-state index in [4.69, 9.17) is 12.2 Å². The van der Waals surface area contributed by atoms with Crippen LogP contribution < -0.4 is 15.5 Å². The standard InChI is InChI=1S/C17H29N3S2/c1-6-20(7-2)15-10-8-14(9-11-15)19-16(21)18-12-13-22-17(3,4)5/h8-11H,6-7,12-13H2,1-5H3,(H2,18,19,21). The number of hydrogen-bond acceptors (Lipinski definition) is 3. The summed E-state index contributed by atoms with van der Waals surface area (Å²) in [4.78, 5) is 2.32. The Labute approximate surface area is 145 Å². The number of benzene rings is 1. The van der Waals surface area contributed by atoms with Crippen LogP contribution in [0.1, 0.15) is 34.6 Å². The van der Waals surface area contributed by atoms with Crippen molar-refractivity contribution >= 4 is 40.5 Å². The van der Waals surface area contributed by atoms with E-state index in [0.29, 0.717) is 9.86 Å². The molecule has 0 aromatic heterocycles. The number of hydrogen-bond donors (Lipinski definition) is 2. The predicted molar refractivity (Wildman–Crippen MR) is 106 cm³/mol. The molecule has 3 nitrogen and oxygen atoms in total. The Morgan fingerprint density at radius 1 is 1.14 bits per heavy atom. The Bertz CT molecular complexity index is 448. The molecule has 1 rings (SSSR count). The fourth-order valence-electron chi connectivity index (χ4n) is 2.04. The summed E-state index contributed by atoms with van der Waals surface area (Å²) < 4.78 is 0.303. The molecule has 124 valence electrons. The van der Waals surface area contributed by atoms with Crippen molar-refractivity contribution < 1.29 is 0 Å². The van der Waals surface area contributed by atoms with Crippen LogP contribution in [0.3, 0.4) is 0 Å². The maximum Gasteiger partial charge on any atom is 0.170 e. The smallest absolute Gasteiger partial charge is 0.170 e. The zero-order valence-corrected chi connectivity index (χ0v) is 16.0. The van der Waals surface area contributed by atoms with Gasteiger partial charge < -0.3 is 15.5 Å². The van der Waals surface area contributed by atoms with Crippen molar-refractivity contribution in [3.8, 4) is 0 Å². The van der Waals surface area contributed by atoms with Gasteiger partial charge in [-0.3, -0.25) is 0 Å². The minimum absolute atomic E-state index is 0.303. The van der Waals surface area contributed by atoms with Gasteiger partial charge in [-0.15, -0.1) is 0 Å². The Morgan fingerprint density at radius 3 is 2.23 bits per heavy atom. The minimum Gasteiger partial charge on any atom is -0.372 e. The van der Waals surface area contributed by atoms with Crippen molar-refractivity contribution in [3.63, 3.8) is 0 Å². The molecule has 0 amide bonds. The fraction of sp³-hybridized carbons (Fsp3) is 0.588. The Kier molecular flexibility index (Phi) is 8.04. The maximum absolute atomic E-state index is 5.33. The number of thioether (sulfide) groups is 1. The molecule has 0 unspecified atom stereocenters. The van der Waals surface area contributed by atoms with Crippen LogP contribution in [0.4, 0.5) is 11.4 Å². The molecule has 5 heteroatoms. The molecule has 0 aliphatic carbocycles. The van der Waals surface area contributed by atoms with E-state index in [-0.39, 0.29) is 0 Å². The lowest BCUT2D eigenvalue weighted by atomic mass is 10.2. The van der Waals surface area contributed by atoms with Crippen molar-refractivity contribution in [1.82, 2.24) is 5.32 Å². The van der Waals surface area contributed by atoms with Crippen LogP contribution in [-0.2, 0) is 0 Å². The highest BCUT2D eigenvalue weighted by molar-refractivity contribution is 8.00. The maximum atomic E-state index is 5.33. The summed E-state index contributed by atoms with van der Waals surface area (Å²) in [5, 5.41) is 7.17. The van der Waals surface area contributed by atoms with E-state index in [2.05, 4.69) is 74.4 Å². The van der Waals surface area contributed by atoms with E-state index in [1.807, 2.05) is 11.8 Å². The summed E-state index contributed by atoms with van der Waals surface area (Å²) in [6.07, 6.45) is 0. The van der Waals surface area contributed by atoms with Gasteiger partial charge in [-0.05, 0) is 50.3 Å². The quantitative estimate of drug-likeness (QED) is 0.569. The molecule has 1 aromatic rings. The zero-order chi connectivity index (χ0) is 16.6. The molecule has 1 aromatic carbocycles. The van der Waals surface area contributed by atoms with Crippen LogP contribution in [0.5, 0.6) is 0 Å². The van der Waals surface area contributed by atoms with E-state index in [0.717, 1.165) is 31.1 Å². The average molecular weight is 340 g/mol. The van der Waals surface area contributed by atoms with E-state index < -0.39 is 0 Å². The van der Waals surface area contributed by atoms with Gasteiger partial charge in [-0.1, -0.05) is 20.8 Å². The second kappa shape index (κ2) is 9.26. The average Bonchev–Trinajstić information content (AvgIpc) is 2.46. The fourth-order valence-corrected chi connectivity index (χ4v) is 3.08. The molecule has 22 heavy (non-hydrogen) atoms. The van der Waals surface area contributed by atoms with E-state index in [1.165, 1.54) is 5.69 Å². The molecule has 0 bridgehead atoms. The van der Waals surface area contributed by atoms with Gasteiger partial charge in [0.05, 0.1) is 0 Å². The first kappa shape index (κ1) is 19.1. The molecule has 0 heterocycles. The van der Waals surface area contributed by atoms with E-state index >= 15 is 0 Å². The van der Waals surface area contributed by atoms with Gasteiger partial charge in [-0.25, -0.2) is 0 Å². The van der Waals surface area contributed by atoms with Gasteiger partial charge in [0, 0.05) is 41.5 Å². The second-order valence-corrected chi connectivity index (χ2v) is 8.39. The first-order chi connectivity index (χ1) is 10.4. The zero-order valence-electron chi connectivity index (χ0n) is 14.4. The molecule has 0 aliphatic rings. The lowest BCUT2D eigenvalue weighted by molar-refractivity contribution is 0.800. The van der Waals surface area contributed by atoms with Crippen LogP contribution in [0, 0.1) is 0 Å². The van der Waals surface area contributed by atoms with Crippen molar-refractivity contribution in [2.45, 2.75) is 39.4 Å². The first-order valence-corrected chi connectivity index (χ1v) is 9.29. The summed E-state index contributed by atoms with van der Waals surface area (Å²) >= 11 is 7.27. The van der Waals surface area contributed by atoms with Gasteiger partial charge in [0.15, 0.2) is 5.11 Å². The Morgan fingerprint density at radius 2 is 1.73 bits per heavy atom. The summed E-state index contributed by atoms with van der Waals surface area (Å²) in [6.45, 7) is 14.0. The van der Waals surface area contributed by atoms with Crippen molar-refractivity contribution in [2.24, 2.45) is 0 Å². The third kappa shape index (κ3) is 7.36. The Hall–Kier alpha value is -0.940. The topological polar surface area (TPSA) is 27.3 Å². The first-order valence-electron chi connectivity index (χ1n) is 7.89. The molecular formula is C17H29N3S2. The molecule has 0 spiro atoms. The van der Waals surface area contributed by atoms with Crippen LogP contribution in [0.25, 0.3) is 0 Å². The summed E-state index contributed by atoms with van der Waals surface area (Å²) in [5.74, 6) is 1.05. The minimum atomic E-state index is 0.303. The molecule has 0 atom stereocenters. The second-order valence-electron chi connectivity index (χ2n) is 6.06. The lowest BCUT2D eigenvalue weighted by Gasteiger charge is -2.21. The molecule has 0 radical (unpaired) electrons. The summed E-state index contributed by atoms with van der Waals surface area (Å²) in [5.41, 5.74) is 2.27. The molecular weight excluding hydrogens is 310 g/mol. The van der Waals surface area contributed by atoms with Crippen molar-refractivity contribution in [2.75, 3.05) is 35.6 Å². The highest BCUT2D eigenvalue weighted by Crippen LogP contribution is 2.22. The van der Waals surface area contributed by atoms with Crippen LogP contribution in [0.2, 0.25) is 0 Å². The monoisotopic (exact) mass is 339 g/mol. The van der Waals surface area contributed by atoms with Gasteiger partial charge >= 0.3 is 0 Å². The van der Waals surface area contributed by atoms with Crippen LogP contribution in [0.15, 0.2) is 24.3 Å². The highest BCUT2D eigenvalue weighted by Gasteiger charge is 2.09. The van der Waals surface area contributed by atoms with Gasteiger partial charge in [0.2, 0.25) is 0 Å². The van der Waals surface area contributed by atoms with Crippen LogP contribution >= 0.6 is 24.0 Å². The van der Waals surface area contributed by atoms with Gasteiger partial charge in [-0.2, -0.15) is 11.8 Å². The van der Waals surface area contributed by atoms with Crippen molar-refractivity contribution in [3.05, 3.63) is 24.3 Å². The third-order valence-corrected chi connectivity index (χ3v) is 4.70. The number of nitrogens with one attached hydrogen (secondary N) is 2. The van der Waals surface area contributed by atoms with E-state index in [1.54, 1.807) is 0 Å². The molecule has 0 fully saturated rings. The summed E-state index contributed by atoms with van der Waals surface area (Å²) in [6, 6.07) is 8.41. The van der Waals surface area contributed by atoms with Gasteiger partial charge in [0.1, 0.15) is 0 Å². The number of thiocarbonyl (C=S) groups is 1. The Balaban J connectivity index is 2.38. The predicted octanol–water partition coefficient (Wildman–Crippen LogP) is 4.35. The molecule has 0 saturated carbocycles. The highest BCUT2D eigenvalue weighted by atomic mass is 32.2. The normalized spacial score (nSPS) is 11.1. The summed E-state index contributed by atoms with van der Waals surface area (Å²) in [7, 11) is 0. The van der Waals surface area contributed by atoms with Gasteiger partial charge in [0.25, 0.3) is 0 Å². The van der Waals surface area contributed by atoms with E-state index in [9.17, 15) is 0 Å². The number of nitrogens with zero attached hydrogens (tertiary/aromatic N) is 1. The molecule has 2 N–H and O–H groups in total. The van der Waals surface area contributed by atoms with Crippen molar-refractivity contribution in [1.29, 1.82) is 0 Å². The largest absolute Gasteiger partial charge is 0.372 e. The lowest BCUT2D eigenvalue weighted by Crippen LogP contribution is -2.31. The number of anilines is 2. The molecule has 0 aliphatic heterocycles. The van der Waals surface area contributed by atoms with Crippen LogP contribution in [-0.4, -0.2) is 35.2 Å². The third-order valence-electron chi connectivity index (χ3n) is 3.18. The number of rotatable bonds is 7. The molecule has 0 saturated heterocycles. The SMILES string of the molecule is CCN(CC)c1ccc(NC(=S)NCCSC(C)(C)C)cc1.